The zero-order chi connectivity index (χ0) is 20.1. The van der Waals surface area contributed by atoms with E-state index in [1.807, 2.05) is 51.0 Å². The molecule has 0 saturated heterocycles. The molecule has 1 aliphatic rings. The van der Waals surface area contributed by atoms with Gasteiger partial charge in [0.05, 0.1) is 17.7 Å². The zero-order valence-electron chi connectivity index (χ0n) is 17.4. The van der Waals surface area contributed by atoms with Crippen molar-refractivity contribution < 1.29 is 19.0 Å². The van der Waals surface area contributed by atoms with Crippen molar-refractivity contribution >= 4 is 16.9 Å². The number of hydrogen-bond acceptors (Lipinski definition) is 5. The van der Waals surface area contributed by atoms with Crippen LogP contribution >= 0.6 is 0 Å². The van der Waals surface area contributed by atoms with E-state index in [2.05, 4.69) is 4.98 Å². The minimum Gasteiger partial charge on any atom is -0.491 e. The van der Waals surface area contributed by atoms with Crippen molar-refractivity contribution in [2.24, 2.45) is 0 Å². The fourth-order valence-electron chi connectivity index (χ4n) is 3.49. The summed E-state index contributed by atoms with van der Waals surface area (Å²) in [4.78, 5) is 17.6. The van der Waals surface area contributed by atoms with E-state index in [1.54, 1.807) is 0 Å². The van der Waals surface area contributed by atoms with Crippen LogP contribution in [0.5, 0.6) is 11.5 Å². The normalized spacial score (nSPS) is 15.4. The van der Waals surface area contributed by atoms with Crippen LogP contribution in [0.1, 0.15) is 56.4 Å². The molecule has 6 nitrogen and oxygen atoms in total. The molecule has 0 radical (unpaired) electrons. The van der Waals surface area contributed by atoms with Gasteiger partial charge < -0.3 is 24.1 Å². The molecule has 0 spiro atoms. The molecule has 3 rings (SSSR count). The van der Waals surface area contributed by atoms with Gasteiger partial charge in [0.25, 0.3) is 0 Å². The number of hydrogen-bond donors (Lipinski definition) is 1. The van der Waals surface area contributed by atoms with Gasteiger partial charge in [-0.1, -0.05) is 6.42 Å². The average Bonchev–Trinajstić information content (AvgIpc) is 3.06. The van der Waals surface area contributed by atoms with Crippen molar-refractivity contribution in [1.29, 1.82) is 0 Å². The van der Waals surface area contributed by atoms with Gasteiger partial charge in [0.1, 0.15) is 23.8 Å². The lowest BCUT2D eigenvalue weighted by Gasteiger charge is -2.24. The highest BCUT2D eigenvalue weighted by Crippen LogP contribution is 2.35. The minimum atomic E-state index is -0.354. The molecule has 1 saturated carbocycles. The Morgan fingerprint density at radius 3 is 2.61 bits per heavy atom. The predicted octanol–water partition coefficient (Wildman–Crippen LogP) is 4.39. The maximum Gasteiger partial charge on any atom is 0.354 e. The van der Waals surface area contributed by atoms with E-state index >= 15 is 0 Å². The molecule has 0 amide bonds. The molecule has 0 unspecified atom stereocenters. The first-order valence-corrected chi connectivity index (χ1v) is 10.2. The minimum absolute atomic E-state index is 0.0606. The van der Waals surface area contributed by atoms with Crippen molar-refractivity contribution in [3.8, 4) is 11.5 Å². The summed E-state index contributed by atoms with van der Waals surface area (Å²) in [6, 6.07) is 5.68. The molecule has 0 aliphatic heterocycles. The van der Waals surface area contributed by atoms with E-state index in [0.29, 0.717) is 18.8 Å². The summed E-state index contributed by atoms with van der Waals surface area (Å²) in [5.41, 5.74) is 1.26. The summed E-state index contributed by atoms with van der Waals surface area (Å²) in [5, 5.41) is 0.890. The SMILES string of the molecule is CC(C)Oc1cc(OC2CCCCC2)c2cc(C(=O)OCCN(C)C)[nH]c2c1. The number of fused-ring (bicyclic) bond motifs is 1. The molecule has 1 aliphatic carbocycles. The molecular formula is C22H32N2O4. The van der Waals surface area contributed by atoms with Gasteiger partial charge in [0.2, 0.25) is 0 Å². The number of aromatic nitrogens is 1. The lowest BCUT2D eigenvalue weighted by molar-refractivity contribution is 0.0476. The summed E-state index contributed by atoms with van der Waals surface area (Å²) >= 11 is 0. The van der Waals surface area contributed by atoms with Gasteiger partial charge in [0, 0.05) is 24.1 Å². The summed E-state index contributed by atoms with van der Waals surface area (Å²) < 4.78 is 17.6. The molecule has 1 aromatic carbocycles. The molecule has 1 aromatic heterocycles. The van der Waals surface area contributed by atoms with Gasteiger partial charge >= 0.3 is 5.97 Å². The molecule has 6 heteroatoms. The highest BCUT2D eigenvalue weighted by molar-refractivity contribution is 5.97. The summed E-state index contributed by atoms with van der Waals surface area (Å²) in [7, 11) is 3.89. The smallest absolute Gasteiger partial charge is 0.354 e. The van der Waals surface area contributed by atoms with E-state index in [0.717, 1.165) is 35.2 Å². The van der Waals surface area contributed by atoms with Crippen LogP contribution < -0.4 is 9.47 Å². The number of rotatable bonds is 8. The van der Waals surface area contributed by atoms with Crippen molar-refractivity contribution in [2.75, 3.05) is 27.2 Å². The molecular weight excluding hydrogens is 356 g/mol. The van der Waals surface area contributed by atoms with Gasteiger partial charge in [-0.3, -0.25) is 0 Å². The Balaban J connectivity index is 1.85. The maximum absolute atomic E-state index is 12.4. The fraction of sp³-hybridized carbons (Fsp3) is 0.591. The number of ether oxygens (including phenoxy) is 3. The van der Waals surface area contributed by atoms with Crippen LogP contribution in [0, 0.1) is 0 Å². The quantitative estimate of drug-likeness (QED) is 0.680. The number of carbonyl (C=O) groups excluding carboxylic acids is 1. The summed E-state index contributed by atoms with van der Waals surface area (Å²) in [6.45, 7) is 5.03. The molecule has 154 valence electrons. The number of aromatic amines is 1. The fourth-order valence-corrected chi connectivity index (χ4v) is 3.49. The number of esters is 1. The van der Waals surface area contributed by atoms with E-state index in [-0.39, 0.29) is 18.2 Å². The van der Waals surface area contributed by atoms with Crippen LogP contribution in [0.15, 0.2) is 18.2 Å². The Labute approximate surface area is 167 Å². The van der Waals surface area contributed by atoms with Crippen LogP contribution in [-0.2, 0) is 4.74 Å². The largest absolute Gasteiger partial charge is 0.491 e. The Morgan fingerprint density at radius 2 is 1.93 bits per heavy atom. The van der Waals surface area contributed by atoms with Crippen LogP contribution in [0.2, 0.25) is 0 Å². The van der Waals surface area contributed by atoms with Crippen LogP contribution in [0.3, 0.4) is 0 Å². The lowest BCUT2D eigenvalue weighted by Crippen LogP contribution is -2.20. The van der Waals surface area contributed by atoms with E-state index < -0.39 is 0 Å². The Morgan fingerprint density at radius 1 is 1.18 bits per heavy atom. The third-order valence-corrected chi connectivity index (χ3v) is 4.88. The van der Waals surface area contributed by atoms with Gasteiger partial charge in [0.15, 0.2) is 0 Å². The van der Waals surface area contributed by atoms with E-state index in [4.69, 9.17) is 14.2 Å². The Hall–Kier alpha value is -2.21. The number of likely N-dealkylation sites (N-methyl/N-ethyl adjacent to an activating group) is 1. The van der Waals surface area contributed by atoms with Gasteiger partial charge in [-0.2, -0.15) is 0 Å². The Kier molecular flexibility index (Phi) is 6.83. The maximum atomic E-state index is 12.4. The summed E-state index contributed by atoms with van der Waals surface area (Å²) in [5.74, 6) is 1.15. The average molecular weight is 389 g/mol. The van der Waals surface area contributed by atoms with Crippen LogP contribution in [-0.4, -0.2) is 55.3 Å². The van der Waals surface area contributed by atoms with Gasteiger partial charge in [-0.05, 0) is 59.7 Å². The first-order valence-electron chi connectivity index (χ1n) is 10.2. The second kappa shape index (κ2) is 9.32. The molecule has 1 fully saturated rings. The monoisotopic (exact) mass is 388 g/mol. The van der Waals surface area contributed by atoms with Crippen molar-refractivity contribution in [3.63, 3.8) is 0 Å². The standard InChI is InChI=1S/C22H32N2O4/c1-15(2)27-17-12-19-18(21(13-17)28-16-8-6-5-7-9-16)14-20(23-19)22(25)26-11-10-24(3)4/h12-16,23H,5-11H2,1-4H3. The van der Waals surface area contributed by atoms with Crippen LogP contribution in [0.4, 0.5) is 0 Å². The molecule has 0 bridgehead atoms. The second-order valence-electron chi connectivity index (χ2n) is 8.05. The second-order valence-corrected chi connectivity index (χ2v) is 8.05. The third-order valence-electron chi connectivity index (χ3n) is 4.88. The number of nitrogens with zero attached hydrogens (tertiary/aromatic N) is 1. The predicted molar refractivity (Wildman–Crippen MR) is 110 cm³/mol. The van der Waals surface area contributed by atoms with Gasteiger partial charge in [-0.25, -0.2) is 4.79 Å². The van der Waals surface area contributed by atoms with Crippen molar-refractivity contribution in [1.82, 2.24) is 9.88 Å². The lowest BCUT2D eigenvalue weighted by atomic mass is 9.98. The van der Waals surface area contributed by atoms with Gasteiger partial charge in [-0.15, -0.1) is 0 Å². The van der Waals surface area contributed by atoms with Crippen LogP contribution in [0.25, 0.3) is 10.9 Å². The molecule has 1 N–H and O–H groups in total. The third kappa shape index (κ3) is 5.41. The van der Waals surface area contributed by atoms with Crippen molar-refractivity contribution in [2.45, 2.75) is 58.2 Å². The molecule has 1 heterocycles. The first-order chi connectivity index (χ1) is 13.4. The summed E-state index contributed by atoms with van der Waals surface area (Å²) in [6.07, 6.45) is 6.10. The topological polar surface area (TPSA) is 63.8 Å². The van der Waals surface area contributed by atoms with Crippen molar-refractivity contribution in [3.05, 3.63) is 23.9 Å². The Bertz CT molecular complexity index is 791. The van der Waals surface area contributed by atoms with E-state index in [1.165, 1.54) is 19.3 Å². The van der Waals surface area contributed by atoms with E-state index in [9.17, 15) is 4.79 Å². The highest BCUT2D eigenvalue weighted by Gasteiger charge is 2.20. The first kappa shape index (κ1) is 20.5. The molecule has 28 heavy (non-hydrogen) atoms. The number of nitrogens with one attached hydrogen (secondary N) is 1. The molecule has 0 atom stereocenters. The highest BCUT2D eigenvalue weighted by atomic mass is 16.5. The zero-order valence-corrected chi connectivity index (χ0v) is 17.4. The molecule has 2 aromatic rings. The number of benzene rings is 1. The number of H-pyrrole nitrogens is 1. The number of carbonyl (C=O) groups is 1.